The standard InChI is InChI=1S/C21H30N2O4/c1-14(2)18(23-19(24)16-7-5-4-6-8-16)20(25)22-13-15-9-11-17(12-10-15)21(26)27-3/h9-12,14,16,18H,4-8,13H2,1-3H3,(H,22,25)(H,23,24)/t18-/m0/s1. The fourth-order valence-corrected chi connectivity index (χ4v) is 3.35. The van der Waals surface area contributed by atoms with Gasteiger partial charge in [0.25, 0.3) is 0 Å². The van der Waals surface area contributed by atoms with Crippen LogP contribution in [0.5, 0.6) is 0 Å². The third-order valence-corrected chi connectivity index (χ3v) is 5.06. The number of amides is 2. The van der Waals surface area contributed by atoms with Gasteiger partial charge in [-0.05, 0) is 36.5 Å². The number of hydrogen-bond donors (Lipinski definition) is 2. The van der Waals surface area contributed by atoms with E-state index in [4.69, 9.17) is 0 Å². The molecule has 0 bridgehead atoms. The van der Waals surface area contributed by atoms with E-state index in [1.807, 2.05) is 13.8 Å². The van der Waals surface area contributed by atoms with Crippen molar-refractivity contribution in [2.24, 2.45) is 11.8 Å². The number of methoxy groups -OCH3 is 1. The average Bonchev–Trinajstić information content (AvgIpc) is 2.70. The van der Waals surface area contributed by atoms with E-state index >= 15 is 0 Å². The zero-order chi connectivity index (χ0) is 19.8. The van der Waals surface area contributed by atoms with Crippen LogP contribution in [0.25, 0.3) is 0 Å². The summed E-state index contributed by atoms with van der Waals surface area (Å²) in [5.74, 6) is -0.564. The highest BCUT2D eigenvalue weighted by atomic mass is 16.5. The molecule has 2 N–H and O–H groups in total. The molecule has 0 saturated heterocycles. The molecule has 0 radical (unpaired) electrons. The summed E-state index contributed by atoms with van der Waals surface area (Å²) in [6.07, 6.45) is 5.17. The van der Waals surface area contributed by atoms with Crippen LogP contribution < -0.4 is 10.6 Å². The number of nitrogens with one attached hydrogen (secondary N) is 2. The molecular weight excluding hydrogens is 344 g/mol. The van der Waals surface area contributed by atoms with Crippen LogP contribution in [-0.2, 0) is 20.9 Å². The van der Waals surface area contributed by atoms with Crippen molar-refractivity contribution in [2.75, 3.05) is 7.11 Å². The molecular formula is C21H30N2O4. The molecule has 1 aliphatic rings. The van der Waals surface area contributed by atoms with Crippen molar-refractivity contribution in [3.8, 4) is 0 Å². The van der Waals surface area contributed by atoms with Gasteiger partial charge in [-0.2, -0.15) is 0 Å². The second-order valence-corrected chi connectivity index (χ2v) is 7.47. The molecule has 27 heavy (non-hydrogen) atoms. The van der Waals surface area contributed by atoms with E-state index in [2.05, 4.69) is 15.4 Å². The van der Waals surface area contributed by atoms with E-state index in [1.165, 1.54) is 13.5 Å². The van der Waals surface area contributed by atoms with Crippen molar-refractivity contribution in [1.82, 2.24) is 10.6 Å². The first-order valence-electron chi connectivity index (χ1n) is 9.67. The molecule has 0 aliphatic heterocycles. The molecule has 2 amide bonds. The Hall–Kier alpha value is -2.37. The van der Waals surface area contributed by atoms with Gasteiger partial charge in [-0.15, -0.1) is 0 Å². The van der Waals surface area contributed by atoms with Gasteiger partial charge < -0.3 is 15.4 Å². The lowest BCUT2D eigenvalue weighted by Gasteiger charge is -2.26. The minimum absolute atomic E-state index is 0.000703. The highest BCUT2D eigenvalue weighted by molar-refractivity contribution is 5.89. The van der Waals surface area contributed by atoms with Crippen LogP contribution in [0, 0.1) is 11.8 Å². The van der Waals surface area contributed by atoms with E-state index in [0.717, 1.165) is 31.2 Å². The van der Waals surface area contributed by atoms with Gasteiger partial charge in [0.1, 0.15) is 6.04 Å². The summed E-state index contributed by atoms with van der Waals surface area (Å²) in [4.78, 5) is 36.5. The van der Waals surface area contributed by atoms with Crippen LogP contribution in [0.1, 0.15) is 61.9 Å². The van der Waals surface area contributed by atoms with Gasteiger partial charge in [-0.3, -0.25) is 9.59 Å². The van der Waals surface area contributed by atoms with Crippen molar-refractivity contribution < 1.29 is 19.1 Å². The quantitative estimate of drug-likeness (QED) is 0.719. The first-order chi connectivity index (χ1) is 12.9. The third kappa shape index (κ3) is 6.08. The lowest BCUT2D eigenvalue weighted by Crippen LogP contribution is -2.51. The molecule has 1 saturated carbocycles. The Kier molecular flexibility index (Phi) is 7.82. The molecule has 0 heterocycles. The Morgan fingerprint density at radius 3 is 2.26 bits per heavy atom. The first-order valence-corrected chi connectivity index (χ1v) is 9.67. The largest absolute Gasteiger partial charge is 0.465 e. The maximum Gasteiger partial charge on any atom is 0.337 e. The van der Waals surface area contributed by atoms with Crippen LogP contribution in [0.3, 0.4) is 0 Å². The highest BCUT2D eigenvalue weighted by Crippen LogP contribution is 2.24. The summed E-state index contributed by atoms with van der Waals surface area (Å²) in [5.41, 5.74) is 1.34. The molecule has 2 rings (SSSR count). The summed E-state index contributed by atoms with van der Waals surface area (Å²) in [7, 11) is 1.34. The second kappa shape index (κ2) is 10.1. The molecule has 1 aliphatic carbocycles. The number of carbonyl (C=O) groups is 3. The molecule has 1 atom stereocenters. The van der Waals surface area contributed by atoms with E-state index in [9.17, 15) is 14.4 Å². The minimum Gasteiger partial charge on any atom is -0.465 e. The van der Waals surface area contributed by atoms with Crippen LogP contribution in [0.2, 0.25) is 0 Å². The number of benzene rings is 1. The molecule has 6 nitrogen and oxygen atoms in total. The predicted molar refractivity (Wildman–Crippen MR) is 103 cm³/mol. The number of esters is 1. The summed E-state index contributed by atoms with van der Waals surface area (Å²) in [6.45, 7) is 4.19. The van der Waals surface area contributed by atoms with Gasteiger partial charge >= 0.3 is 5.97 Å². The predicted octanol–water partition coefficient (Wildman–Crippen LogP) is 2.81. The van der Waals surface area contributed by atoms with Gasteiger partial charge in [0.05, 0.1) is 12.7 Å². The highest BCUT2D eigenvalue weighted by Gasteiger charge is 2.28. The van der Waals surface area contributed by atoms with E-state index in [0.29, 0.717) is 12.1 Å². The van der Waals surface area contributed by atoms with Gasteiger partial charge in [-0.1, -0.05) is 45.2 Å². The van der Waals surface area contributed by atoms with Crippen molar-refractivity contribution in [3.05, 3.63) is 35.4 Å². The van der Waals surface area contributed by atoms with Crippen LogP contribution in [0.4, 0.5) is 0 Å². The number of carbonyl (C=O) groups excluding carboxylic acids is 3. The smallest absolute Gasteiger partial charge is 0.337 e. The van der Waals surface area contributed by atoms with E-state index < -0.39 is 12.0 Å². The molecule has 0 unspecified atom stereocenters. The maximum atomic E-state index is 12.6. The van der Waals surface area contributed by atoms with Crippen LogP contribution in [0.15, 0.2) is 24.3 Å². The lowest BCUT2D eigenvalue weighted by molar-refractivity contribution is -0.132. The Morgan fingerprint density at radius 1 is 1.07 bits per heavy atom. The van der Waals surface area contributed by atoms with Gasteiger partial charge in [0.2, 0.25) is 11.8 Å². The van der Waals surface area contributed by atoms with Crippen molar-refractivity contribution in [3.63, 3.8) is 0 Å². The zero-order valence-electron chi connectivity index (χ0n) is 16.4. The van der Waals surface area contributed by atoms with Crippen molar-refractivity contribution in [1.29, 1.82) is 0 Å². The molecule has 1 aromatic carbocycles. The molecule has 1 fully saturated rings. The Bertz CT molecular complexity index is 649. The fraction of sp³-hybridized carbons (Fsp3) is 0.571. The van der Waals surface area contributed by atoms with Crippen molar-refractivity contribution >= 4 is 17.8 Å². The van der Waals surface area contributed by atoms with Gasteiger partial charge in [-0.25, -0.2) is 4.79 Å². The van der Waals surface area contributed by atoms with Crippen LogP contribution in [-0.4, -0.2) is 30.9 Å². The maximum absolute atomic E-state index is 12.6. The summed E-state index contributed by atoms with van der Waals surface area (Å²) in [6, 6.07) is 6.33. The molecule has 0 spiro atoms. The Balaban J connectivity index is 1.90. The topological polar surface area (TPSA) is 84.5 Å². The number of rotatable bonds is 7. The van der Waals surface area contributed by atoms with E-state index in [-0.39, 0.29) is 23.7 Å². The monoisotopic (exact) mass is 374 g/mol. The molecule has 6 heteroatoms. The summed E-state index contributed by atoms with van der Waals surface area (Å²) >= 11 is 0. The fourth-order valence-electron chi connectivity index (χ4n) is 3.35. The normalized spacial score (nSPS) is 15.9. The zero-order valence-corrected chi connectivity index (χ0v) is 16.4. The van der Waals surface area contributed by atoms with Crippen molar-refractivity contribution in [2.45, 2.75) is 58.5 Å². The third-order valence-electron chi connectivity index (χ3n) is 5.06. The molecule has 0 aromatic heterocycles. The first kappa shape index (κ1) is 20.9. The number of hydrogen-bond acceptors (Lipinski definition) is 4. The summed E-state index contributed by atoms with van der Waals surface area (Å²) in [5, 5.41) is 5.82. The Labute approximate surface area is 161 Å². The van der Waals surface area contributed by atoms with Gasteiger partial charge in [0, 0.05) is 12.5 Å². The van der Waals surface area contributed by atoms with Gasteiger partial charge in [0.15, 0.2) is 0 Å². The van der Waals surface area contributed by atoms with Crippen LogP contribution >= 0.6 is 0 Å². The second-order valence-electron chi connectivity index (χ2n) is 7.47. The average molecular weight is 374 g/mol. The lowest BCUT2D eigenvalue weighted by atomic mass is 9.88. The van der Waals surface area contributed by atoms with E-state index in [1.54, 1.807) is 24.3 Å². The SMILES string of the molecule is COC(=O)c1ccc(CNC(=O)[C@@H](NC(=O)C2CCCCC2)C(C)C)cc1. The summed E-state index contributed by atoms with van der Waals surface area (Å²) < 4.78 is 4.67. The minimum atomic E-state index is -0.547. The molecule has 1 aromatic rings. The number of ether oxygens (including phenoxy) is 1. The Morgan fingerprint density at radius 2 is 1.70 bits per heavy atom. The molecule has 148 valence electrons.